The highest BCUT2D eigenvalue weighted by molar-refractivity contribution is 5.71. The Kier molecular flexibility index (Phi) is 4.37. The molecule has 0 amide bonds. The molecular weight excluding hydrogens is 214 g/mol. The van der Waals surface area contributed by atoms with Crippen LogP contribution in [0, 0.1) is 5.92 Å². The molecule has 1 atom stereocenters. The van der Waals surface area contributed by atoms with Gasteiger partial charge in [-0.1, -0.05) is 30.7 Å². The first-order valence-electron chi connectivity index (χ1n) is 6.53. The van der Waals surface area contributed by atoms with E-state index in [-0.39, 0.29) is 5.97 Å². The van der Waals surface area contributed by atoms with Gasteiger partial charge in [0.15, 0.2) is 0 Å². The van der Waals surface area contributed by atoms with Gasteiger partial charge >= 0.3 is 5.97 Å². The van der Waals surface area contributed by atoms with Crippen LogP contribution in [0.3, 0.4) is 0 Å². The number of carbonyl (C=O) groups excluding carboxylic acids is 1. The van der Waals surface area contributed by atoms with Gasteiger partial charge in [-0.15, -0.1) is 0 Å². The van der Waals surface area contributed by atoms with Crippen molar-refractivity contribution < 1.29 is 9.53 Å². The van der Waals surface area contributed by atoms with Crippen molar-refractivity contribution in [3.05, 3.63) is 23.8 Å². The molecule has 1 fully saturated rings. The van der Waals surface area contributed by atoms with Crippen molar-refractivity contribution in [3.63, 3.8) is 0 Å². The van der Waals surface area contributed by atoms with E-state index >= 15 is 0 Å². The average molecular weight is 235 g/mol. The molecule has 0 aromatic heterocycles. The molecule has 3 nitrogen and oxygen atoms in total. The largest absolute Gasteiger partial charge is 0.465 e. The number of carbonyl (C=O) groups is 1. The number of rotatable bonds is 4. The van der Waals surface area contributed by atoms with Crippen LogP contribution in [0.4, 0.5) is 0 Å². The molecule has 1 unspecified atom stereocenters. The molecule has 0 aromatic carbocycles. The number of hydrogen-bond donors (Lipinski definition) is 0. The Morgan fingerprint density at radius 1 is 1.59 bits per heavy atom. The van der Waals surface area contributed by atoms with Crippen molar-refractivity contribution in [1.29, 1.82) is 0 Å². The van der Waals surface area contributed by atoms with Crippen LogP contribution in [0.15, 0.2) is 23.8 Å². The van der Waals surface area contributed by atoms with E-state index < -0.39 is 0 Å². The molecule has 0 spiro atoms. The Hall–Kier alpha value is -1.09. The lowest BCUT2D eigenvalue weighted by atomic mass is 9.85. The van der Waals surface area contributed by atoms with Crippen LogP contribution in [0.2, 0.25) is 0 Å². The fourth-order valence-corrected chi connectivity index (χ4v) is 2.46. The zero-order valence-corrected chi connectivity index (χ0v) is 10.5. The standard InChI is InChI=1S/C14H21NO2/c1-2-9-17-14(16)11-15-8-7-12-5-3-4-6-13(12)10-15/h3-4,6,12H,2,5,7-11H2,1H3. The van der Waals surface area contributed by atoms with E-state index in [0.717, 1.165) is 25.9 Å². The summed E-state index contributed by atoms with van der Waals surface area (Å²) in [7, 11) is 0. The first kappa shape index (κ1) is 12.4. The van der Waals surface area contributed by atoms with Crippen LogP contribution in [0.25, 0.3) is 0 Å². The molecule has 17 heavy (non-hydrogen) atoms. The first-order valence-corrected chi connectivity index (χ1v) is 6.53. The summed E-state index contributed by atoms with van der Waals surface area (Å²) in [5.41, 5.74) is 1.47. The average Bonchev–Trinajstić information content (AvgIpc) is 2.36. The molecule has 94 valence electrons. The summed E-state index contributed by atoms with van der Waals surface area (Å²) in [6, 6.07) is 0. The van der Waals surface area contributed by atoms with Gasteiger partial charge in [0.2, 0.25) is 0 Å². The van der Waals surface area contributed by atoms with Gasteiger partial charge in [0, 0.05) is 6.54 Å². The van der Waals surface area contributed by atoms with Gasteiger partial charge in [-0.2, -0.15) is 0 Å². The molecule has 0 aromatic rings. The summed E-state index contributed by atoms with van der Waals surface area (Å²) in [6.07, 6.45) is 9.79. The van der Waals surface area contributed by atoms with E-state index in [1.807, 2.05) is 6.92 Å². The smallest absolute Gasteiger partial charge is 0.320 e. The number of piperidine rings is 1. The molecule has 0 bridgehead atoms. The molecule has 0 saturated carbocycles. The lowest BCUT2D eigenvalue weighted by Crippen LogP contribution is -2.39. The maximum atomic E-state index is 11.5. The fraction of sp³-hybridized carbons (Fsp3) is 0.643. The third kappa shape index (κ3) is 3.43. The summed E-state index contributed by atoms with van der Waals surface area (Å²) < 4.78 is 5.12. The molecule has 1 aliphatic heterocycles. The van der Waals surface area contributed by atoms with Crippen LogP contribution in [-0.2, 0) is 9.53 Å². The van der Waals surface area contributed by atoms with E-state index in [0.29, 0.717) is 19.1 Å². The Morgan fingerprint density at radius 3 is 3.29 bits per heavy atom. The maximum absolute atomic E-state index is 11.5. The van der Waals surface area contributed by atoms with E-state index in [1.165, 1.54) is 12.0 Å². The Morgan fingerprint density at radius 2 is 2.47 bits per heavy atom. The third-order valence-corrected chi connectivity index (χ3v) is 3.41. The first-order chi connectivity index (χ1) is 8.29. The number of fused-ring (bicyclic) bond motifs is 1. The minimum absolute atomic E-state index is 0.0859. The van der Waals surface area contributed by atoms with Crippen LogP contribution < -0.4 is 0 Å². The molecule has 3 heteroatoms. The van der Waals surface area contributed by atoms with Crippen LogP contribution in [-0.4, -0.2) is 37.1 Å². The van der Waals surface area contributed by atoms with Gasteiger partial charge in [0.25, 0.3) is 0 Å². The summed E-state index contributed by atoms with van der Waals surface area (Å²) >= 11 is 0. The van der Waals surface area contributed by atoms with Gasteiger partial charge in [-0.05, 0) is 31.7 Å². The quantitative estimate of drug-likeness (QED) is 0.699. The lowest BCUT2D eigenvalue weighted by Gasteiger charge is -2.34. The third-order valence-electron chi connectivity index (χ3n) is 3.41. The molecule has 1 heterocycles. The van der Waals surface area contributed by atoms with Crippen molar-refractivity contribution >= 4 is 5.97 Å². The molecule has 1 saturated heterocycles. The Labute approximate surface area is 103 Å². The number of esters is 1. The summed E-state index contributed by atoms with van der Waals surface area (Å²) in [5, 5.41) is 0. The van der Waals surface area contributed by atoms with E-state index in [1.54, 1.807) is 0 Å². The summed E-state index contributed by atoms with van der Waals surface area (Å²) in [5.74, 6) is 0.625. The predicted molar refractivity (Wildman–Crippen MR) is 67.6 cm³/mol. The SMILES string of the molecule is CCCOC(=O)CN1CCC2CC=CC=C2C1. The number of likely N-dealkylation sites (tertiary alicyclic amines) is 1. The van der Waals surface area contributed by atoms with Crippen LogP contribution in [0.1, 0.15) is 26.2 Å². The van der Waals surface area contributed by atoms with Gasteiger partial charge in [0.05, 0.1) is 13.2 Å². The number of allylic oxidation sites excluding steroid dienone is 3. The summed E-state index contributed by atoms with van der Waals surface area (Å²) in [6.45, 7) is 4.93. The van der Waals surface area contributed by atoms with Crippen LogP contribution >= 0.6 is 0 Å². The fourth-order valence-electron chi connectivity index (χ4n) is 2.46. The highest BCUT2D eigenvalue weighted by Gasteiger charge is 2.25. The molecular formula is C14H21NO2. The monoisotopic (exact) mass is 235 g/mol. The van der Waals surface area contributed by atoms with Crippen molar-refractivity contribution in [1.82, 2.24) is 4.90 Å². The van der Waals surface area contributed by atoms with Crippen molar-refractivity contribution in [2.24, 2.45) is 5.92 Å². The predicted octanol–water partition coefficient (Wildman–Crippen LogP) is 2.15. The van der Waals surface area contributed by atoms with E-state index in [4.69, 9.17) is 4.74 Å². The van der Waals surface area contributed by atoms with Gasteiger partial charge in [-0.25, -0.2) is 0 Å². The minimum atomic E-state index is -0.0859. The van der Waals surface area contributed by atoms with Gasteiger partial charge in [-0.3, -0.25) is 9.69 Å². The van der Waals surface area contributed by atoms with Crippen molar-refractivity contribution in [2.45, 2.75) is 26.2 Å². The zero-order chi connectivity index (χ0) is 12.1. The summed E-state index contributed by atoms with van der Waals surface area (Å²) in [4.78, 5) is 13.7. The van der Waals surface area contributed by atoms with Crippen molar-refractivity contribution in [3.8, 4) is 0 Å². The Bertz CT molecular complexity index is 333. The topological polar surface area (TPSA) is 29.5 Å². The molecule has 1 aliphatic carbocycles. The Balaban J connectivity index is 1.81. The van der Waals surface area contributed by atoms with Gasteiger partial charge < -0.3 is 4.74 Å². The molecule has 2 aliphatic rings. The number of hydrogen-bond acceptors (Lipinski definition) is 3. The number of nitrogens with zero attached hydrogens (tertiary/aromatic N) is 1. The highest BCUT2D eigenvalue weighted by atomic mass is 16.5. The lowest BCUT2D eigenvalue weighted by molar-refractivity contribution is -0.145. The van der Waals surface area contributed by atoms with Gasteiger partial charge in [0.1, 0.15) is 0 Å². The number of ether oxygens (including phenoxy) is 1. The maximum Gasteiger partial charge on any atom is 0.320 e. The minimum Gasteiger partial charge on any atom is -0.465 e. The van der Waals surface area contributed by atoms with E-state index in [2.05, 4.69) is 23.1 Å². The second kappa shape index (κ2) is 6.01. The van der Waals surface area contributed by atoms with E-state index in [9.17, 15) is 4.79 Å². The second-order valence-corrected chi connectivity index (χ2v) is 4.82. The van der Waals surface area contributed by atoms with Crippen LogP contribution in [0.5, 0.6) is 0 Å². The molecule has 0 N–H and O–H groups in total. The highest BCUT2D eigenvalue weighted by Crippen LogP contribution is 2.28. The second-order valence-electron chi connectivity index (χ2n) is 4.82. The van der Waals surface area contributed by atoms with Crippen molar-refractivity contribution in [2.75, 3.05) is 26.2 Å². The normalized spacial score (nSPS) is 24.1. The molecule has 2 rings (SSSR count). The molecule has 0 radical (unpaired) electrons. The zero-order valence-electron chi connectivity index (χ0n) is 10.5.